The number of methoxy groups -OCH3 is 2. The van der Waals surface area contributed by atoms with Crippen LogP contribution in [-0.4, -0.2) is 33.3 Å². The van der Waals surface area contributed by atoms with Gasteiger partial charge in [-0.3, -0.25) is 0 Å². The van der Waals surface area contributed by atoms with Gasteiger partial charge in [0, 0.05) is 25.2 Å². The molecule has 0 aliphatic heterocycles. The van der Waals surface area contributed by atoms with Crippen molar-refractivity contribution in [2.24, 2.45) is 0 Å². The summed E-state index contributed by atoms with van der Waals surface area (Å²) in [6.07, 6.45) is 1.83. The number of nitrogens with zero attached hydrogens (tertiary/aromatic N) is 2. The lowest BCUT2D eigenvalue weighted by atomic mass is 10.1. The van der Waals surface area contributed by atoms with Crippen molar-refractivity contribution in [3.8, 4) is 11.5 Å². The average molecular weight is 323 g/mol. The van der Waals surface area contributed by atoms with Gasteiger partial charge < -0.3 is 19.7 Å². The maximum absolute atomic E-state index is 5.65. The van der Waals surface area contributed by atoms with E-state index < -0.39 is 0 Å². The maximum atomic E-state index is 5.65. The quantitative estimate of drug-likeness (QED) is 0.767. The van der Waals surface area contributed by atoms with E-state index in [1.807, 2.05) is 67.7 Å². The van der Waals surface area contributed by atoms with E-state index >= 15 is 0 Å². The SMILES string of the molecule is COc1ccc2c(N(C)C)ncc(Nc3ccccc3)c2c1OC. The molecule has 1 aromatic heterocycles. The fraction of sp³-hybridized carbons (Fsp3) is 0.211. The number of para-hydroxylation sites is 1. The van der Waals surface area contributed by atoms with Gasteiger partial charge in [0.1, 0.15) is 5.82 Å². The number of nitrogens with one attached hydrogen (secondary N) is 1. The summed E-state index contributed by atoms with van der Waals surface area (Å²) in [7, 11) is 7.24. The van der Waals surface area contributed by atoms with E-state index in [0.717, 1.165) is 28.0 Å². The first-order valence-corrected chi connectivity index (χ1v) is 7.68. The Morgan fingerprint density at radius 1 is 0.958 bits per heavy atom. The molecule has 0 atom stereocenters. The number of benzene rings is 2. The summed E-state index contributed by atoms with van der Waals surface area (Å²) in [4.78, 5) is 6.59. The van der Waals surface area contributed by atoms with Crippen LogP contribution in [0.1, 0.15) is 0 Å². The van der Waals surface area contributed by atoms with Crippen LogP contribution in [0.2, 0.25) is 0 Å². The van der Waals surface area contributed by atoms with E-state index in [1.54, 1.807) is 14.2 Å². The second kappa shape index (κ2) is 6.66. The molecule has 5 heteroatoms. The number of anilines is 3. The van der Waals surface area contributed by atoms with Gasteiger partial charge in [-0.1, -0.05) is 18.2 Å². The third kappa shape index (κ3) is 2.80. The van der Waals surface area contributed by atoms with Gasteiger partial charge in [0.2, 0.25) is 0 Å². The van der Waals surface area contributed by atoms with Crippen molar-refractivity contribution in [3.05, 3.63) is 48.7 Å². The minimum Gasteiger partial charge on any atom is -0.493 e. The number of ether oxygens (including phenoxy) is 2. The minimum atomic E-state index is 0.692. The van der Waals surface area contributed by atoms with Crippen LogP contribution in [0.3, 0.4) is 0 Å². The molecule has 2 aromatic carbocycles. The van der Waals surface area contributed by atoms with E-state index in [-0.39, 0.29) is 0 Å². The molecule has 0 aliphatic rings. The van der Waals surface area contributed by atoms with E-state index in [9.17, 15) is 0 Å². The standard InChI is InChI=1S/C19H21N3O2/c1-22(2)19-14-10-11-16(23-3)18(24-4)17(14)15(12-20-19)21-13-8-6-5-7-9-13/h5-12,21H,1-4H3. The summed E-state index contributed by atoms with van der Waals surface area (Å²) in [5, 5.41) is 5.37. The Labute approximate surface area is 141 Å². The molecule has 0 radical (unpaired) electrons. The predicted octanol–water partition coefficient (Wildman–Crippen LogP) is 4.06. The fourth-order valence-electron chi connectivity index (χ4n) is 2.77. The zero-order chi connectivity index (χ0) is 17.1. The van der Waals surface area contributed by atoms with Gasteiger partial charge in [-0.05, 0) is 24.3 Å². The lowest BCUT2D eigenvalue weighted by Crippen LogP contribution is -2.11. The van der Waals surface area contributed by atoms with Crippen molar-refractivity contribution in [2.75, 3.05) is 38.5 Å². The number of hydrogen-bond acceptors (Lipinski definition) is 5. The Balaban J connectivity index is 2.27. The molecule has 5 nitrogen and oxygen atoms in total. The number of aromatic nitrogens is 1. The van der Waals surface area contributed by atoms with Crippen molar-refractivity contribution in [1.82, 2.24) is 4.98 Å². The molecule has 0 spiro atoms. The molecule has 24 heavy (non-hydrogen) atoms. The molecule has 0 saturated heterocycles. The van der Waals surface area contributed by atoms with Crippen LogP contribution in [-0.2, 0) is 0 Å². The molecule has 124 valence electrons. The predicted molar refractivity (Wildman–Crippen MR) is 98.9 cm³/mol. The van der Waals surface area contributed by atoms with Gasteiger partial charge in [0.05, 0.1) is 31.5 Å². The van der Waals surface area contributed by atoms with E-state index in [4.69, 9.17) is 9.47 Å². The first kappa shape index (κ1) is 15.9. The molecule has 0 bridgehead atoms. The second-order valence-electron chi connectivity index (χ2n) is 5.60. The minimum absolute atomic E-state index is 0.692. The third-order valence-electron chi connectivity index (χ3n) is 3.85. The first-order chi connectivity index (χ1) is 11.7. The molecule has 3 aromatic rings. The summed E-state index contributed by atoms with van der Waals surface area (Å²) in [5.41, 5.74) is 1.86. The number of fused-ring (bicyclic) bond motifs is 1. The maximum Gasteiger partial charge on any atom is 0.170 e. The highest BCUT2D eigenvalue weighted by Gasteiger charge is 2.17. The molecule has 0 saturated carbocycles. The number of rotatable bonds is 5. The highest BCUT2D eigenvalue weighted by molar-refractivity contribution is 6.06. The molecule has 0 fully saturated rings. The normalized spacial score (nSPS) is 10.5. The monoisotopic (exact) mass is 323 g/mol. The summed E-state index contributed by atoms with van der Waals surface area (Å²) in [6.45, 7) is 0. The summed E-state index contributed by atoms with van der Waals surface area (Å²) >= 11 is 0. The Hall–Kier alpha value is -2.95. The van der Waals surface area contributed by atoms with Gasteiger partial charge in [-0.2, -0.15) is 0 Å². The molecular formula is C19H21N3O2. The third-order valence-corrected chi connectivity index (χ3v) is 3.85. The van der Waals surface area contributed by atoms with Crippen molar-refractivity contribution in [2.45, 2.75) is 0 Å². The summed E-state index contributed by atoms with van der Waals surface area (Å²) in [6, 6.07) is 13.9. The van der Waals surface area contributed by atoms with Crippen LogP contribution in [0.15, 0.2) is 48.7 Å². The highest BCUT2D eigenvalue weighted by atomic mass is 16.5. The molecule has 0 amide bonds. The van der Waals surface area contributed by atoms with Gasteiger partial charge in [-0.15, -0.1) is 0 Å². The smallest absolute Gasteiger partial charge is 0.170 e. The van der Waals surface area contributed by atoms with Gasteiger partial charge >= 0.3 is 0 Å². The first-order valence-electron chi connectivity index (χ1n) is 7.68. The van der Waals surface area contributed by atoms with Gasteiger partial charge in [0.25, 0.3) is 0 Å². The fourth-order valence-corrected chi connectivity index (χ4v) is 2.77. The lowest BCUT2D eigenvalue weighted by molar-refractivity contribution is 0.358. The van der Waals surface area contributed by atoms with Crippen molar-refractivity contribution < 1.29 is 9.47 Å². The van der Waals surface area contributed by atoms with E-state index in [2.05, 4.69) is 10.3 Å². The lowest BCUT2D eigenvalue weighted by Gasteiger charge is -2.20. The van der Waals surface area contributed by atoms with Crippen molar-refractivity contribution >= 4 is 28.0 Å². The Morgan fingerprint density at radius 2 is 1.71 bits per heavy atom. The average Bonchev–Trinajstić information content (AvgIpc) is 2.61. The molecule has 3 rings (SSSR count). The molecule has 1 N–H and O–H groups in total. The zero-order valence-electron chi connectivity index (χ0n) is 14.3. The Morgan fingerprint density at radius 3 is 2.33 bits per heavy atom. The van der Waals surface area contributed by atoms with Crippen molar-refractivity contribution in [1.29, 1.82) is 0 Å². The van der Waals surface area contributed by atoms with Crippen LogP contribution in [0, 0.1) is 0 Å². The highest BCUT2D eigenvalue weighted by Crippen LogP contribution is 2.42. The van der Waals surface area contributed by atoms with Gasteiger partial charge in [0.15, 0.2) is 11.5 Å². The summed E-state index contributed by atoms with van der Waals surface area (Å²) in [5.74, 6) is 2.26. The molecular weight excluding hydrogens is 302 g/mol. The van der Waals surface area contributed by atoms with E-state index in [0.29, 0.717) is 11.5 Å². The summed E-state index contributed by atoms with van der Waals surface area (Å²) < 4.78 is 11.1. The van der Waals surface area contributed by atoms with Gasteiger partial charge in [-0.25, -0.2) is 4.98 Å². The zero-order valence-corrected chi connectivity index (χ0v) is 14.3. The number of hydrogen-bond donors (Lipinski definition) is 1. The Bertz CT molecular complexity index is 848. The van der Waals surface area contributed by atoms with Crippen LogP contribution in [0.25, 0.3) is 10.8 Å². The van der Waals surface area contributed by atoms with Crippen LogP contribution in [0.5, 0.6) is 11.5 Å². The van der Waals surface area contributed by atoms with Crippen LogP contribution in [0.4, 0.5) is 17.2 Å². The largest absolute Gasteiger partial charge is 0.493 e. The van der Waals surface area contributed by atoms with Crippen LogP contribution >= 0.6 is 0 Å². The molecule has 0 aliphatic carbocycles. The second-order valence-corrected chi connectivity index (χ2v) is 5.60. The molecule has 1 heterocycles. The molecule has 0 unspecified atom stereocenters. The van der Waals surface area contributed by atoms with Crippen molar-refractivity contribution in [3.63, 3.8) is 0 Å². The number of pyridine rings is 1. The van der Waals surface area contributed by atoms with E-state index in [1.165, 1.54) is 0 Å². The Kier molecular flexibility index (Phi) is 4.42. The van der Waals surface area contributed by atoms with Crippen LogP contribution < -0.4 is 19.7 Å². The topological polar surface area (TPSA) is 46.6 Å².